The van der Waals surface area contributed by atoms with Crippen LogP contribution in [-0.4, -0.2) is 59.6 Å². The Morgan fingerprint density at radius 2 is 2.05 bits per heavy atom. The molecule has 5 rings (SSSR count). The van der Waals surface area contributed by atoms with E-state index in [1.54, 1.807) is 6.20 Å². The molecule has 0 saturated carbocycles. The fraction of sp³-hybridized carbons (Fsp3) is 0.379. The van der Waals surface area contributed by atoms with E-state index in [4.69, 9.17) is 4.84 Å². The van der Waals surface area contributed by atoms with E-state index in [-0.39, 0.29) is 17.9 Å². The molecule has 0 bridgehead atoms. The molecule has 2 atom stereocenters. The van der Waals surface area contributed by atoms with E-state index in [1.165, 1.54) is 0 Å². The summed E-state index contributed by atoms with van der Waals surface area (Å²) in [7, 11) is 0. The maximum Gasteiger partial charge on any atom is 0.249 e. The molecule has 4 heterocycles. The number of nitrogens with one attached hydrogen (secondary N) is 3. The van der Waals surface area contributed by atoms with Gasteiger partial charge in [0.15, 0.2) is 0 Å². The van der Waals surface area contributed by atoms with Gasteiger partial charge in [0, 0.05) is 66.5 Å². The quantitative estimate of drug-likeness (QED) is 0.402. The van der Waals surface area contributed by atoms with Gasteiger partial charge in [-0.25, -0.2) is 4.98 Å². The number of benzene rings is 1. The van der Waals surface area contributed by atoms with E-state index < -0.39 is 5.92 Å². The Kier molecular flexibility index (Phi) is 8.42. The molecule has 1 aromatic heterocycles. The Balaban J connectivity index is 1.11. The number of amides is 2. The monoisotopic (exact) mass is 592 g/mol. The topological polar surface area (TPSA) is 108 Å². The van der Waals surface area contributed by atoms with Gasteiger partial charge in [-0.1, -0.05) is 35.5 Å². The van der Waals surface area contributed by atoms with Crippen LogP contribution >= 0.6 is 15.9 Å². The van der Waals surface area contributed by atoms with E-state index in [2.05, 4.69) is 46.9 Å². The lowest BCUT2D eigenvalue weighted by atomic mass is 9.99. The molecule has 3 aliphatic rings. The first-order valence-corrected chi connectivity index (χ1v) is 14.1. The molecule has 9 nitrogen and oxygen atoms in total. The summed E-state index contributed by atoms with van der Waals surface area (Å²) in [6.07, 6.45) is 5.28. The maximum atomic E-state index is 13.1. The summed E-state index contributed by atoms with van der Waals surface area (Å²) in [5, 5.41) is 13.6. The number of aromatic nitrogens is 1. The smallest absolute Gasteiger partial charge is 0.249 e. The molecule has 2 aromatic rings. The number of likely N-dealkylation sites (tertiary alicyclic amines) is 1. The van der Waals surface area contributed by atoms with Crippen LogP contribution in [0, 0.1) is 0 Å². The number of hydrogen-bond donors (Lipinski definition) is 3. The summed E-state index contributed by atoms with van der Waals surface area (Å²) in [6.45, 7) is 7.51. The van der Waals surface area contributed by atoms with Crippen molar-refractivity contribution in [3.63, 3.8) is 0 Å². The Morgan fingerprint density at radius 3 is 2.82 bits per heavy atom. The number of pyridine rings is 1. The number of carbonyl (C=O) groups is 2. The molecule has 2 amide bonds. The molecule has 10 heteroatoms. The van der Waals surface area contributed by atoms with Crippen molar-refractivity contribution in [2.45, 2.75) is 45.3 Å². The number of piperidine rings is 1. The van der Waals surface area contributed by atoms with E-state index in [0.29, 0.717) is 24.5 Å². The highest BCUT2D eigenvalue weighted by molar-refractivity contribution is 9.10. The number of hydrogen-bond acceptors (Lipinski definition) is 7. The van der Waals surface area contributed by atoms with Gasteiger partial charge in [-0.05, 0) is 53.1 Å². The normalized spacial score (nSPS) is 22.0. The Labute approximate surface area is 236 Å². The summed E-state index contributed by atoms with van der Waals surface area (Å²) in [4.78, 5) is 37.9. The SMILES string of the molecule is CC1=C(C(=O)NCCN2CCC(=NOCc3ccccc3)CC2)C(C)N/C1=C\C1C(=O)Nc2ncc(Br)cc21. The van der Waals surface area contributed by atoms with Crippen LogP contribution in [0.15, 0.2) is 75.1 Å². The predicted molar refractivity (Wildman–Crippen MR) is 154 cm³/mol. The summed E-state index contributed by atoms with van der Waals surface area (Å²) in [6, 6.07) is 11.8. The lowest BCUT2D eigenvalue weighted by molar-refractivity contribution is -0.118. The zero-order valence-electron chi connectivity index (χ0n) is 22.2. The Morgan fingerprint density at radius 1 is 1.28 bits per heavy atom. The van der Waals surface area contributed by atoms with Crippen molar-refractivity contribution >= 4 is 39.3 Å². The summed E-state index contributed by atoms with van der Waals surface area (Å²) >= 11 is 3.43. The van der Waals surface area contributed by atoms with Crippen molar-refractivity contribution in [2.75, 3.05) is 31.5 Å². The standard InChI is InChI=1S/C29H33BrN6O3/c1-18-25(15-24-23-14-21(30)16-32-27(23)34-28(24)37)33-19(2)26(18)29(38)31-10-13-36-11-8-22(9-12-36)35-39-17-20-6-4-3-5-7-20/h3-7,14-16,19,24,33H,8-13,17H2,1-2H3,(H,31,38)(H,32,34,37)/b25-15-. The van der Waals surface area contributed by atoms with E-state index >= 15 is 0 Å². The number of halogens is 1. The van der Waals surface area contributed by atoms with Crippen molar-refractivity contribution in [1.29, 1.82) is 0 Å². The van der Waals surface area contributed by atoms with E-state index in [9.17, 15) is 9.59 Å². The van der Waals surface area contributed by atoms with Crippen molar-refractivity contribution in [2.24, 2.45) is 5.16 Å². The van der Waals surface area contributed by atoms with Gasteiger partial charge in [-0.2, -0.15) is 0 Å². The molecule has 2 unspecified atom stereocenters. The average molecular weight is 594 g/mol. The number of nitrogens with zero attached hydrogens (tertiary/aromatic N) is 3. The molecule has 1 saturated heterocycles. The zero-order chi connectivity index (χ0) is 27.4. The van der Waals surface area contributed by atoms with Crippen LogP contribution < -0.4 is 16.0 Å². The summed E-state index contributed by atoms with van der Waals surface area (Å²) in [5.41, 5.74) is 5.38. The molecule has 0 radical (unpaired) electrons. The van der Waals surface area contributed by atoms with E-state index in [1.807, 2.05) is 56.3 Å². The first-order chi connectivity index (χ1) is 18.9. The number of allylic oxidation sites excluding steroid dienone is 1. The van der Waals surface area contributed by atoms with Crippen molar-refractivity contribution in [3.05, 3.63) is 81.1 Å². The molecule has 0 aliphatic carbocycles. The van der Waals surface area contributed by atoms with Crippen molar-refractivity contribution < 1.29 is 14.4 Å². The lowest BCUT2D eigenvalue weighted by Gasteiger charge is -2.27. The van der Waals surface area contributed by atoms with Gasteiger partial charge in [-0.15, -0.1) is 0 Å². The van der Waals surface area contributed by atoms with Gasteiger partial charge < -0.3 is 25.7 Å². The highest BCUT2D eigenvalue weighted by Crippen LogP contribution is 2.36. The predicted octanol–water partition coefficient (Wildman–Crippen LogP) is 3.86. The van der Waals surface area contributed by atoms with Gasteiger partial charge >= 0.3 is 0 Å². The number of oxime groups is 1. The molecular formula is C29H33BrN6O3. The van der Waals surface area contributed by atoms with Crippen LogP contribution in [0.25, 0.3) is 0 Å². The number of rotatable bonds is 8. The molecule has 1 fully saturated rings. The number of anilines is 1. The third-order valence-corrected chi connectivity index (χ3v) is 7.78. The first kappa shape index (κ1) is 27.1. The van der Waals surface area contributed by atoms with Crippen molar-refractivity contribution in [3.8, 4) is 0 Å². The largest absolute Gasteiger partial charge is 0.391 e. The Bertz CT molecular complexity index is 1330. The molecule has 39 heavy (non-hydrogen) atoms. The van der Waals surface area contributed by atoms with Crippen LogP contribution in [0.1, 0.15) is 43.7 Å². The van der Waals surface area contributed by atoms with Crippen LogP contribution in [0.4, 0.5) is 5.82 Å². The third-order valence-electron chi connectivity index (χ3n) is 7.35. The lowest BCUT2D eigenvalue weighted by Crippen LogP contribution is -2.41. The highest BCUT2D eigenvalue weighted by Gasteiger charge is 2.34. The van der Waals surface area contributed by atoms with Gasteiger partial charge in [0.05, 0.1) is 17.7 Å². The second-order valence-electron chi connectivity index (χ2n) is 10.1. The number of fused-ring (bicyclic) bond motifs is 1. The van der Waals surface area contributed by atoms with E-state index in [0.717, 1.165) is 65.1 Å². The van der Waals surface area contributed by atoms with Gasteiger partial charge in [0.2, 0.25) is 11.8 Å². The first-order valence-electron chi connectivity index (χ1n) is 13.3. The molecule has 3 aliphatic heterocycles. The second kappa shape index (κ2) is 12.1. The van der Waals surface area contributed by atoms with Crippen LogP contribution in [0.5, 0.6) is 0 Å². The fourth-order valence-corrected chi connectivity index (χ4v) is 5.56. The highest BCUT2D eigenvalue weighted by atomic mass is 79.9. The van der Waals surface area contributed by atoms with Crippen molar-refractivity contribution in [1.82, 2.24) is 20.5 Å². The average Bonchev–Trinajstić information content (AvgIpc) is 3.39. The van der Waals surface area contributed by atoms with Crippen LogP contribution in [0.3, 0.4) is 0 Å². The van der Waals surface area contributed by atoms with Gasteiger partial charge in [0.25, 0.3) is 0 Å². The minimum absolute atomic E-state index is 0.0786. The Hall–Kier alpha value is -3.50. The number of carbonyl (C=O) groups excluding carboxylic acids is 2. The zero-order valence-corrected chi connectivity index (χ0v) is 23.8. The maximum absolute atomic E-state index is 13.1. The second-order valence-corrected chi connectivity index (χ2v) is 11.0. The third kappa shape index (κ3) is 6.39. The summed E-state index contributed by atoms with van der Waals surface area (Å²) in [5.74, 6) is -0.0919. The van der Waals surface area contributed by atoms with Gasteiger partial charge in [-0.3, -0.25) is 9.59 Å². The summed E-state index contributed by atoms with van der Waals surface area (Å²) < 4.78 is 0.815. The molecular weight excluding hydrogens is 560 g/mol. The van der Waals surface area contributed by atoms with Crippen LogP contribution in [0.2, 0.25) is 0 Å². The van der Waals surface area contributed by atoms with Crippen LogP contribution in [-0.2, 0) is 21.0 Å². The minimum Gasteiger partial charge on any atom is -0.391 e. The molecule has 204 valence electrons. The molecule has 1 aromatic carbocycles. The minimum atomic E-state index is -0.465. The fourth-order valence-electron chi connectivity index (χ4n) is 5.21. The molecule has 0 spiro atoms. The van der Waals surface area contributed by atoms with Gasteiger partial charge in [0.1, 0.15) is 12.4 Å². The molecule has 3 N–H and O–H groups in total.